The Hall–Kier alpha value is -2.08. The van der Waals surface area contributed by atoms with Crippen molar-refractivity contribution in [1.82, 2.24) is 20.2 Å². The van der Waals surface area contributed by atoms with Crippen LogP contribution in [-0.4, -0.2) is 34.8 Å². The van der Waals surface area contributed by atoms with Crippen molar-refractivity contribution < 1.29 is 9.53 Å². The standard InChI is InChI=1S/C15H20N4O2/c1-10(2)17-15(20)16-7-11-8-21-9-14-18-12-5-3-4-6-13(12)19(11)14/h3-6,10-11H,7-9H2,1-2H3,(H2,16,17,20)/t11-/m0/s1. The largest absolute Gasteiger partial charge is 0.371 e. The molecule has 2 heterocycles. The van der Waals surface area contributed by atoms with E-state index < -0.39 is 0 Å². The van der Waals surface area contributed by atoms with Gasteiger partial charge in [-0.25, -0.2) is 9.78 Å². The Morgan fingerprint density at radius 3 is 3.10 bits per heavy atom. The number of benzene rings is 1. The number of nitrogens with zero attached hydrogens (tertiary/aromatic N) is 2. The van der Waals surface area contributed by atoms with Gasteiger partial charge in [0, 0.05) is 12.6 Å². The second-order valence-corrected chi connectivity index (χ2v) is 5.56. The first-order valence-electron chi connectivity index (χ1n) is 7.23. The third-order valence-corrected chi connectivity index (χ3v) is 3.49. The summed E-state index contributed by atoms with van der Waals surface area (Å²) in [7, 11) is 0. The molecule has 0 aliphatic carbocycles. The number of hydrogen-bond acceptors (Lipinski definition) is 3. The lowest BCUT2D eigenvalue weighted by atomic mass is 10.2. The van der Waals surface area contributed by atoms with E-state index in [1.54, 1.807) is 0 Å². The predicted octanol–water partition coefficient (Wildman–Crippen LogP) is 1.82. The highest BCUT2D eigenvalue weighted by molar-refractivity contribution is 5.76. The Balaban J connectivity index is 1.79. The molecule has 0 unspecified atom stereocenters. The van der Waals surface area contributed by atoms with Gasteiger partial charge < -0.3 is 19.9 Å². The molecule has 0 saturated heterocycles. The first-order chi connectivity index (χ1) is 10.1. The van der Waals surface area contributed by atoms with Crippen LogP contribution in [0.3, 0.4) is 0 Å². The van der Waals surface area contributed by atoms with Crippen molar-refractivity contribution in [2.75, 3.05) is 13.2 Å². The van der Waals surface area contributed by atoms with Crippen LogP contribution in [0.4, 0.5) is 4.79 Å². The van der Waals surface area contributed by atoms with Gasteiger partial charge in [-0.1, -0.05) is 12.1 Å². The summed E-state index contributed by atoms with van der Waals surface area (Å²) < 4.78 is 7.77. The van der Waals surface area contributed by atoms with E-state index in [9.17, 15) is 4.79 Å². The molecular weight excluding hydrogens is 268 g/mol. The third-order valence-electron chi connectivity index (χ3n) is 3.49. The SMILES string of the molecule is CC(C)NC(=O)NC[C@H]1COCc2nc3ccccc3n21. The summed E-state index contributed by atoms with van der Waals surface area (Å²) in [5, 5.41) is 5.72. The number of fused-ring (bicyclic) bond motifs is 3. The second kappa shape index (κ2) is 5.73. The lowest BCUT2D eigenvalue weighted by Crippen LogP contribution is -2.43. The van der Waals surface area contributed by atoms with Crippen LogP contribution in [0.15, 0.2) is 24.3 Å². The Morgan fingerprint density at radius 1 is 1.48 bits per heavy atom. The van der Waals surface area contributed by atoms with Crippen LogP contribution in [0.5, 0.6) is 0 Å². The number of imidazole rings is 1. The topological polar surface area (TPSA) is 68.2 Å². The van der Waals surface area contributed by atoms with Gasteiger partial charge in [0.1, 0.15) is 12.4 Å². The fraction of sp³-hybridized carbons (Fsp3) is 0.467. The first-order valence-corrected chi connectivity index (χ1v) is 7.23. The summed E-state index contributed by atoms with van der Waals surface area (Å²) in [5.74, 6) is 0.915. The summed E-state index contributed by atoms with van der Waals surface area (Å²) in [5.41, 5.74) is 2.06. The zero-order valence-corrected chi connectivity index (χ0v) is 12.3. The number of amides is 2. The Morgan fingerprint density at radius 2 is 2.29 bits per heavy atom. The van der Waals surface area contributed by atoms with E-state index in [1.807, 2.05) is 32.0 Å². The molecule has 2 N–H and O–H groups in total. The van der Waals surface area contributed by atoms with E-state index in [1.165, 1.54) is 0 Å². The second-order valence-electron chi connectivity index (χ2n) is 5.56. The summed E-state index contributed by atoms with van der Waals surface area (Å²) in [6.45, 7) is 5.49. The molecule has 0 fully saturated rings. The van der Waals surface area contributed by atoms with Gasteiger partial charge in [0.2, 0.25) is 0 Å². The third kappa shape index (κ3) is 2.85. The molecular formula is C15H20N4O2. The molecule has 112 valence electrons. The van der Waals surface area contributed by atoms with Gasteiger partial charge in [0.15, 0.2) is 0 Å². The number of nitrogens with one attached hydrogen (secondary N) is 2. The molecule has 1 atom stereocenters. The van der Waals surface area contributed by atoms with Gasteiger partial charge in [0.05, 0.1) is 23.7 Å². The molecule has 1 aliphatic heterocycles. The zero-order valence-electron chi connectivity index (χ0n) is 12.3. The molecule has 6 nitrogen and oxygen atoms in total. The highest BCUT2D eigenvalue weighted by Gasteiger charge is 2.24. The summed E-state index contributed by atoms with van der Waals surface area (Å²) in [6.07, 6.45) is 0. The summed E-state index contributed by atoms with van der Waals surface area (Å²) >= 11 is 0. The quantitative estimate of drug-likeness (QED) is 0.905. The number of hydrogen-bond donors (Lipinski definition) is 2. The fourth-order valence-electron chi connectivity index (χ4n) is 2.64. The minimum Gasteiger partial charge on any atom is -0.371 e. The van der Waals surface area contributed by atoms with E-state index in [4.69, 9.17) is 4.74 Å². The number of carbonyl (C=O) groups is 1. The van der Waals surface area contributed by atoms with Crippen molar-refractivity contribution in [3.8, 4) is 0 Å². The Kier molecular flexibility index (Phi) is 3.79. The average Bonchev–Trinajstić information content (AvgIpc) is 2.83. The van der Waals surface area contributed by atoms with Gasteiger partial charge in [-0.15, -0.1) is 0 Å². The minimum atomic E-state index is -0.151. The molecule has 0 saturated carbocycles. The molecule has 0 bridgehead atoms. The van der Waals surface area contributed by atoms with Crippen molar-refractivity contribution in [1.29, 1.82) is 0 Å². The lowest BCUT2D eigenvalue weighted by Gasteiger charge is -2.26. The van der Waals surface area contributed by atoms with Gasteiger partial charge in [-0.2, -0.15) is 0 Å². The fourth-order valence-corrected chi connectivity index (χ4v) is 2.64. The van der Waals surface area contributed by atoms with Crippen molar-refractivity contribution >= 4 is 17.1 Å². The van der Waals surface area contributed by atoms with Crippen molar-refractivity contribution in [3.63, 3.8) is 0 Å². The maximum Gasteiger partial charge on any atom is 0.315 e. The highest BCUT2D eigenvalue weighted by atomic mass is 16.5. The van der Waals surface area contributed by atoms with Gasteiger partial charge in [-0.05, 0) is 26.0 Å². The van der Waals surface area contributed by atoms with E-state index >= 15 is 0 Å². The number of rotatable bonds is 3. The minimum absolute atomic E-state index is 0.0686. The van der Waals surface area contributed by atoms with E-state index in [2.05, 4.69) is 26.3 Å². The van der Waals surface area contributed by atoms with E-state index in [-0.39, 0.29) is 18.1 Å². The highest BCUT2D eigenvalue weighted by Crippen LogP contribution is 2.25. The maximum absolute atomic E-state index is 11.7. The molecule has 3 rings (SSSR count). The molecule has 2 aromatic rings. The van der Waals surface area contributed by atoms with Gasteiger partial charge in [-0.3, -0.25) is 0 Å². The molecule has 0 spiro atoms. The first kappa shape index (κ1) is 13.9. The number of ether oxygens (including phenoxy) is 1. The lowest BCUT2D eigenvalue weighted by molar-refractivity contribution is 0.0572. The molecule has 1 aromatic heterocycles. The molecule has 2 amide bonds. The number of para-hydroxylation sites is 2. The van der Waals surface area contributed by atoms with Crippen LogP contribution in [0, 0.1) is 0 Å². The van der Waals surface area contributed by atoms with E-state index in [0.717, 1.165) is 16.9 Å². The van der Waals surface area contributed by atoms with Gasteiger partial charge in [0.25, 0.3) is 0 Å². The molecule has 0 radical (unpaired) electrons. The normalized spacial score (nSPS) is 17.8. The average molecular weight is 288 g/mol. The van der Waals surface area contributed by atoms with Crippen LogP contribution >= 0.6 is 0 Å². The van der Waals surface area contributed by atoms with Gasteiger partial charge >= 0.3 is 6.03 Å². The summed E-state index contributed by atoms with van der Waals surface area (Å²) in [4.78, 5) is 16.3. The van der Waals surface area contributed by atoms with Crippen molar-refractivity contribution in [3.05, 3.63) is 30.1 Å². The molecule has 21 heavy (non-hydrogen) atoms. The van der Waals surface area contributed by atoms with Crippen LogP contribution in [0.2, 0.25) is 0 Å². The van der Waals surface area contributed by atoms with Crippen LogP contribution in [-0.2, 0) is 11.3 Å². The number of aromatic nitrogens is 2. The molecule has 1 aromatic carbocycles. The van der Waals surface area contributed by atoms with Crippen molar-refractivity contribution in [2.24, 2.45) is 0 Å². The number of carbonyl (C=O) groups excluding carboxylic acids is 1. The van der Waals surface area contributed by atoms with E-state index in [0.29, 0.717) is 19.8 Å². The van der Waals surface area contributed by atoms with Crippen LogP contribution in [0.1, 0.15) is 25.7 Å². The summed E-state index contributed by atoms with van der Waals surface area (Å²) in [6, 6.07) is 8.07. The van der Waals surface area contributed by atoms with Crippen LogP contribution < -0.4 is 10.6 Å². The Labute approximate surface area is 123 Å². The predicted molar refractivity (Wildman–Crippen MR) is 80.1 cm³/mol. The Bertz CT molecular complexity index is 650. The van der Waals surface area contributed by atoms with Crippen molar-refractivity contribution in [2.45, 2.75) is 32.5 Å². The smallest absolute Gasteiger partial charge is 0.315 e. The van der Waals surface area contributed by atoms with Crippen LogP contribution in [0.25, 0.3) is 11.0 Å². The monoisotopic (exact) mass is 288 g/mol. The number of urea groups is 1. The molecule has 1 aliphatic rings. The maximum atomic E-state index is 11.7. The molecule has 6 heteroatoms. The zero-order chi connectivity index (χ0) is 14.8.